The van der Waals surface area contributed by atoms with Gasteiger partial charge in [-0.2, -0.15) is 30.3 Å². The molecule has 2 aliphatic carbocycles. The summed E-state index contributed by atoms with van der Waals surface area (Å²) in [5.41, 5.74) is 3.53. The zero-order valence-corrected chi connectivity index (χ0v) is 24.0. The minimum atomic E-state index is -2.28. The van der Waals surface area contributed by atoms with Crippen molar-refractivity contribution in [3.63, 3.8) is 0 Å². The van der Waals surface area contributed by atoms with Gasteiger partial charge in [0.15, 0.2) is 0 Å². The third kappa shape index (κ3) is 6.08. The van der Waals surface area contributed by atoms with Crippen molar-refractivity contribution in [1.82, 2.24) is 15.0 Å². The minimum absolute atomic E-state index is 0. The Labute approximate surface area is 228 Å². The van der Waals surface area contributed by atoms with E-state index in [-0.39, 0.29) is 20.1 Å². The van der Waals surface area contributed by atoms with Crippen LogP contribution in [-0.4, -0.2) is 21.3 Å². The van der Waals surface area contributed by atoms with E-state index in [1.165, 1.54) is 64.2 Å². The van der Waals surface area contributed by atoms with Gasteiger partial charge < -0.3 is 14.5 Å². The largest absolute Gasteiger partial charge is 0.434 e. The van der Waals surface area contributed by atoms with E-state index in [4.69, 9.17) is 0 Å². The van der Waals surface area contributed by atoms with Crippen molar-refractivity contribution in [1.29, 1.82) is 0 Å². The predicted octanol–water partition coefficient (Wildman–Crippen LogP) is 7.39. The number of imidazole rings is 1. The SMILES string of the molecule is O=P(c1[c-]cccc1)(C1CCCCC1)C1CCCCC1.[Ir].c1ccc(-c2nc3ccccc3[n-]2)nc1. The van der Waals surface area contributed by atoms with Gasteiger partial charge in [-0.05, 0) is 54.7 Å². The second kappa shape index (κ2) is 12.9. The van der Waals surface area contributed by atoms with E-state index < -0.39 is 7.14 Å². The molecule has 0 atom stereocenters. The molecule has 0 spiro atoms. The second-order valence-corrected chi connectivity index (χ2v) is 13.2. The molecule has 0 bridgehead atoms. The molecule has 0 unspecified atom stereocenters. The Balaban J connectivity index is 0.000000170. The summed E-state index contributed by atoms with van der Waals surface area (Å²) in [6, 6.07) is 25.0. The summed E-state index contributed by atoms with van der Waals surface area (Å²) in [4.78, 5) is 13.0. The molecule has 2 heterocycles. The molecular weight excluding hydrogens is 642 g/mol. The van der Waals surface area contributed by atoms with Gasteiger partial charge in [-0.1, -0.05) is 68.9 Å². The van der Waals surface area contributed by atoms with Gasteiger partial charge in [0.1, 0.15) is 0 Å². The Morgan fingerprint density at radius 1 is 0.778 bits per heavy atom. The molecule has 191 valence electrons. The molecule has 1 radical (unpaired) electrons. The maximum Gasteiger partial charge on any atom is 0.0978 e. The molecule has 2 aromatic carbocycles. The van der Waals surface area contributed by atoms with Crippen molar-refractivity contribution in [2.24, 2.45) is 0 Å². The van der Waals surface area contributed by atoms with Gasteiger partial charge in [-0.25, -0.2) is 0 Å². The van der Waals surface area contributed by atoms with Crippen LogP contribution in [-0.2, 0) is 24.7 Å². The van der Waals surface area contributed by atoms with Gasteiger partial charge in [0, 0.05) is 37.6 Å². The smallest absolute Gasteiger partial charge is 0.0978 e. The fraction of sp³-hybridized carbons (Fsp3) is 0.400. The first-order valence-corrected chi connectivity index (χ1v) is 15.0. The summed E-state index contributed by atoms with van der Waals surface area (Å²) in [7, 11) is -2.28. The van der Waals surface area contributed by atoms with Crippen LogP contribution < -0.4 is 10.3 Å². The number of benzene rings is 2. The summed E-state index contributed by atoms with van der Waals surface area (Å²) in [6.07, 6.45) is 14.2. The molecule has 0 N–H and O–H groups in total. The number of nitrogens with zero attached hydrogens (tertiary/aromatic N) is 3. The molecule has 2 fully saturated rings. The van der Waals surface area contributed by atoms with Gasteiger partial charge in [0.05, 0.1) is 12.8 Å². The van der Waals surface area contributed by atoms with Crippen LogP contribution >= 0.6 is 7.14 Å². The van der Waals surface area contributed by atoms with Gasteiger partial charge in [-0.3, -0.25) is 4.98 Å². The Kier molecular flexibility index (Phi) is 9.71. The number of fused-ring (bicyclic) bond motifs is 1. The van der Waals surface area contributed by atoms with E-state index in [2.05, 4.69) is 27.1 Å². The molecule has 0 aliphatic heterocycles. The van der Waals surface area contributed by atoms with E-state index in [0.717, 1.165) is 22.0 Å². The van der Waals surface area contributed by atoms with Crippen LogP contribution in [0, 0.1) is 6.07 Å². The summed E-state index contributed by atoms with van der Waals surface area (Å²) in [5, 5.41) is 1.05. The molecule has 4 aromatic rings. The Morgan fingerprint density at radius 3 is 2.00 bits per heavy atom. The van der Waals surface area contributed by atoms with Crippen LogP contribution in [0.4, 0.5) is 0 Å². The molecule has 2 aliphatic rings. The summed E-state index contributed by atoms with van der Waals surface area (Å²) < 4.78 is 14.1. The maximum absolute atomic E-state index is 14.1. The zero-order valence-electron chi connectivity index (χ0n) is 20.7. The molecule has 2 saturated carbocycles. The van der Waals surface area contributed by atoms with Crippen molar-refractivity contribution in [2.75, 3.05) is 0 Å². The van der Waals surface area contributed by atoms with Crippen LogP contribution in [0.15, 0.2) is 72.9 Å². The van der Waals surface area contributed by atoms with Gasteiger partial charge in [0.25, 0.3) is 0 Å². The molecule has 4 nitrogen and oxygen atoms in total. The van der Waals surface area contributed by atoms with Crippen LogP contribution in [0.2, 0.25) is 0 Å². The van der Waals surface area contributed by atoms with E-state index in [0.29, 0.717) is 17.1 Å². The normalized spacial score (nSPS) is 17.1. The number of pyridine rings is 1. The minimum Gasteiger partial charge on any atom is -0.434 e. The van der Waals surface area contributed by atoms with Gasteiger partial charge >= 0.3 is 0 Å². The van der Waals surface area contributed by atoms with Crippen molar-refractivity contribution in [3.8, 4) is 11.5 Å². The number of rotatable bonds is 4. The van der Waals surface area contributed by atoms with Crippen LogP contribution in [0.25, 0.3) is 22.6 Å². The molecule has 0 saturated heterocycles. The molecule has 6 rings (SSSR count). The topological polar surface area (TPSA) is 57.0 Å². The molecule has 36 heavy (non-hydrogen) atoms. The van der Waals surface area contributed by atoms with Crippen molar-refractivity contribution < 1.29 is 24.7 Å². The van der Waals surface area contributed by atoms with E-state index >= 15 is 0 Å². The molecule has 6 heteroatoms. The van der Waals surface area contributed by atoms with Crippen LogP contribution in [0.1, 0.15) is 64.2 Å². The first kappa shape index (κ1) is 27.0. The third-order valence-electron chi connectivity index (χ3n) is 7.53. The summed E-state index contributed by atoms with van der Waals surface area (Å²) >= 11 is 0. The summed E-state index contributed by atoms with van der Waals surface area (Å²) in [6.45, 7) is 0. The summed E-state index contributed by atoms with van der Waals surface area (Å²) in [5.74, 6) is 0.691. The van der Waals surface area contributed by atoms with E-state index in [9.17, 15) is 4.57 Å². The van der Waals surface area contributed by atoms with Crippen molar-refractivity contribution in [2.45, 2.75) is 75.5 Å². The maximum atomic E-state index is 14.1. The number of aromatic nitrogens is 3. The molecule has 2 aromatic heterocycles. The Morgan fingerprint density at radius 2 is 1.42 bits per heavy atom. The standard InChI is InChI=1S/C18H26OP.C12H8N3.Ir/c19-20(16-10-4-1-5-11-16,17-12-6-2-7-13-17)18-14-8-3-9-15-18;1-2-6-10-9(5-1)14-12(15-10)11-7-3-4-8-13-11;/h1,4-5,10,17-18H,2-3,6-9,12-15H2;1-8H;/q2*-1;. The van der Waals surface area contributed by atoms with Gasteiger partial charge in [-0.15, -0.1) is 5.30 Å². The second-order valence-electron chi connectivity index (χ2n) is 9.79. The fourth-order valence-corrected chi connectivity index (χ4v) is 9.98. The molecule has 0 amide bonds. The number of para-hydroxylation sites is 2. The Hall–Kier alpha value is -2.06. The van der Waals surface area contributed by atoms with Crippen molar-refractivity contribution in [3.05, 3.63) is 79.0 Å². The van der Waals surface area contributed by atoms with Crippen molar-refractivity contribution >= 4 is 23.5 Å². The quantitative estimate of drug-likeness (QED) is 0.167. The fourth-order valence-electron chi connectivity index (χ4n) is 5.74. The van der Waals surface area contributed by atoms with E-state index in [1.54, 1.807) is 6.20 Å². The average Bonchev–Trinajstić information content (AvgIpc) is 3.39. The monoisotopic (exact) mass is 676 g/mol. The van der Waals surface area contributed by atoms with E-state index in [1.807, 2.05) is 60.7 Å². The predicted molar refractivity (Wildman–Crippen MR) is 145 cm³/mol. The average molecular weight is 676 g/mol. The third-order valence-corrected chi connectivity index (χ3v) is 11.8. The van der Waals surface area contributed by atoms with Crippen LogP contribution in [0.3, 0.4) is 0 Å². The number of hydrogen-bond donors (Lipinski definition) is 0. The Bertz CT molecular complexity index is 1190. The molecular formula is C30H34IrN3OP-2. The van der Waals surface area contributed by atoms with Gasteiger partial charge in [0.2, 0.25) is 0 Å². The first-order chi connectivity index (χ1) is 17.2. The first-order valence-electron chi connectivity index (χ1n) is 13.1. The zero-order chi connectivity index (χ0) is 23.9. The van der Waals surface area contributed by atoms with Crippen LogP contribution in [0.5, 0.6) is 0 Å². The number of hydrogen-bond acceptors (Lipinski definition) is 3.